The maximum Gasteiger partial charge on any atom is 0.222 e. The molecule has 1 aliphatic heterocycles. The maximum absolute atomic E-state index is 12.0. The van der Waals surface area contributed by atoms with E-state index in [-0.39, 0.29) is 12.0 Å². The highest BCUT2D eigenvalue weighted by Crippen LogP contribution is 2.19. The Hall–Kier alpha value is -1.55. The number of carbonyl (C=O) groups excluding carboxylic acids is 1. The number of likely N-dealkylation sites (tertiary alicyclic amines) is 1. The Balaban J connectivity index is 1.71. The van der Waals surface area contributed by atoms with Crippen LogP contribution in [0.3, 0.4) is 0 Å². The van der Waals surface area contributed by atoms with Crippen molar-refractivity contribution in [3.05, 3.63) is 30.3 Å². The minimum Gasteiger partial charge on any atom is -0.490 e. The minimum atomic E-state index is 0.235. The van der Waals surface area contributed by atoms with Gasteiger partial charge in [-0.3, -0.25) is 4.79 Å². The van der Waals surface area contributed by atoms with E-state index >= 15 is 0 Å². The average molecular weight is 276 g/mol. The van der Waals surface area contributed by atoms with E-state index in [0.29, 0.717) is 6.42 Å². The number of benzene rings is 1. The highest BCUT2D eigenvalue weighted by Gasteiger charge is 2.23. The van der Waals surface area contributed by atoms with Gasteiger partial charge in [0.15, 0.2) is 0 Å². The molecule has 0 bridgehead atoms. The predicted molar refractivity (Wildman–Crippen MR) is 79.8 cm³/mol. The average Bonchev–Trinajstić information content (AvgIpc) is 2.49. The Kier molecular flexibility index (Phi) is 5.87. The number of rotatable bonds is 6. The number of amides is 1. The number of para-hydroxylation sites is 1. The molecule has 4 heteroatoms. The first kappa shape index (κ1) is 14.9. The summed E-state index contributed by atoms with van der Waals surface area (Å²) in [5.41, 5.74) is 0. The van der Waals surface area contributed by atoms with Gasteiger partial charge < -0.3 is 15.0 Å². The van der Waals surface area contributed by atoms with E-state index in [1.165, 1.54) is 0 Å². The third-order valence-corrected chi connectivity index (χ3v) is 3.66. The molecule has 0 spiro atoms. The second-order valence-corrected chi connectivity index (χ2v) is 5.22. The summed E-state index contributed by atoms with van der Waals surface area (Å²) in [5.74, 6) is 1.20. The monoisotopic (exact) mass is 276 g/mol. The molecule has 1 saturated heterocycles. The van der Waals surface area contributed by atoms with E-state index < -0.39 is 0 Å². The van der Waals surface area contributed by atoms with E-state index in [9.17, 15) is 4.79 Å². The molecular formula is C16H24N2O2. The first-order valence-electron chi connectivity index (χ1n) is 7.43. The number of piperidine rings is 1. The smallest absolute Gasteiger partial charge is 0.222 e. The first-order chi connectivity index (χ1) is 9.79. The topological polar surface area (TPSA) is 41.6 Å². The fraction of sp³-hybridized carbons (Fsp3) is 0.562. The third-order valence-electron chi connectivity index (χ3n) is 3.66. The lowest BCUT2D eigenvalue weighted by atomic mass is 10.1. The molecule has 0 aliphatic carbocycles. The molecule has 0 aromatic heterocycles. The van der Waals surface area contributed by atoms with Crippen LogP contribution in [0.25, 0.3) is 0 Å². The molecule has 2 rings (SSSR count). The van der Waals surface area contributed by atoms with Crippen LogP contribution in [0.1, 0.15) is 25.7 Å². The highest BCUT2D eigenvalue weighted by atomic mass is 16.5. The molecule has 1 aromatic rings. The zero-order valence-electron chi connectivity index (χ0n) is 12.2. The molecular weight excluding hydrogens is 252 g/mol. The number of hydrogen-bond acceptors (Lipinski definition) is 3. The van der Waals surface area contributed by atoms with Crippen molar-refractivity contribution in [1.29, 1.82) is 0 Å². The van der Waals surface area contributed by atoms with Crippen LogP contribution in [0, 0.1) is 0 Å². The summed E-state index contributed by atoms with van der Waals surface area (Å²) < 4.78 is 5.93. The first-order valence-corrected chi connectivity index (χ1v) is 7.43. The summed E-state index contributed by atoms with van der Waals surface area (Å²) in [6.45, 7) is 2.53. The Morgan fingerprint density at radius 2 is 2.00 bits per heavy atom. The van der Waals surface area contributed by atoms with Crippen molar-refractivity contribution in [3.8, 4) is 5.75 Å². The predicted octanol–water partition coefficient (Wildman–Crippen LogP) is 2.06. The number of nitrogens with one attached hydrogen (secondary N) is 1. The van der Waals surface area contributed by atoms with E-state index in [1.54, 1.807) is 0 Å². The summed E-state index contributed by atoms with van der Waals surface area (Å²) >= 11 is 0. The molecule has 1 fully saturated rings. The molecule has 0 atom stereocenters. The molecule has 4 nitrogen and oxygen atoms in total. The van der Waals surface area contributed by atoms with Gasteiger partial charge in [-0.15, -0.1) is 0 Å². The van der Waals surface area contributed by atoms with Gasteiger partial charge in [-0.1, -0.05) is 18.2 Å². The highest BCUT2D eigenvalue weighted by molar-refractivity contribution is 5.76. The van der Waals surface area contributed by atoms with E-state index in [4.69, 9.17) is 4.74 Å². The lowest BCUT2D eigenvalue weighted by Crippen LogP contribution is -2.41. The van der Waals surface area contributed by atoms with E-state index in [2.05, 4.69) is 5.32 Å². The Labute approximate surface area is 121 Å². The third kappa shape index (κ3) is 4.53. The van der Waals surface area contributed by atoms with Crippen LogP contribution in [-0.2, 0) is 4.79 Å². The van der Waals surface area contributed by atoms with Gasteiger partial charge in [0.05, 0.1) is 0 Å². The zero-order chi connectivity index (χ0) is 14.2. The summed E-state index contributed by atoms with van der Waals surface area (Å²) in [5, 5.41) is 3.07. The fourth-order valence-corrected chi connectivity index (χ4v) is 2.49. The van der Waals surface area contributed by atoms with Crippen LogP contribution in [0.4, 0.5) is 0 Å². The van der Waals surface area contributed by atoms with Gasteiger partial charge in [-0.2, -0.15) is 0 Å². The minimum absolute atomic E-state index is 0.235. The van der Waals surface area contributed by atoms with Crippen LogP contribution in [0.5, 0.6) is 5.75 Å². The van der Waals surface area contributed by atoms with Crippen LogP contribution in [0.2, 0.25) is 0 Å². The van der Waals surface area contributed by atoms with Gasteiger partial charge >= 0.3 is 0 Å². The van der Waals surface area contributed by atoms with Crippen molar-refractivity contribution < 1.29 is 9.53 Å². The van der Waals surface area contributed by atoms with Gasteiger partial charge in [-0.05, 0) is 32.1 Å². The Morgan fingerprint density at radius 1 is 1.30 bits per heavy atom. The van der Waals surface area contributed by atoms with E-state index in [1.807, 2.05) is 42.3 Å². The summed E-state index contributed by atoms with van der Waals surface area (Å²) in [7, 11) is 1.91. The van der Waals surface area contributed by atoms with Crippen molar-refractivity contribution in [2.45, 2.75) is 31.8 Å². The van der Waals surface area contributed by atoms with Crippen LogP contribution >= 0.6 is 0 Å². The Bertz CT molecular complexity index is 400. The van der Waals surface area contributed by atoms with Crippen LogP contribution in [-0.4, -0.2) is 43.6 Å². The second-order valence-electron chi connectivity index (χ2n) is 5.22. The van der Waals surface area contributed by atoms with Crippen molar-refractivity contribution in [3.63, 3.8) is 0 Å². The number of carbonyl (C=O) groups is 1. The SMILES string of the molecule is CNCCCC(=O)N1CCC(Oc2ccccc2)CC1. The van der Waals surface area contributed by atoms with Crippen molar-refractivity contribution in [1.82, 2.24) is 10.2 Å². The van der Waals surface area contributed by atoms with Gasteiger partial charge in [0, 0.05) is 32.4 Å². The van der Waals surface area contributed by atoms with E-state index in [0.717, 1.165) is 44.6 Å². The van der Waals surface area contributed by atoms with Crippen molar-refractivity contribution in [2.75, 3.05) is 26.7 Å². The molecule has 1 amide bonds. The molecule has 20 heavy (non-hydrogen) atoms. The molecule has 110 valence electrons. The van der Waals surface area contributed by atoms with Crippen LogP contribution < -0.4 is 10.1 Å². The zero-order valence-corrected chi connectivity index (χ0v) is 12.2. The summed E-state index contributed by atoms with van der Waals surface area (Å²) in [6, 6.07) is 9.91. The second kappa shape index (κ2) is 7.90. The van der Waals surface area contributed by atoms with Gasteiger partial charge in [0.2, 0.25) is 5.91 Å². The number of nitrogens with zero attached hydrogens (tertiary/aromatic N) is 1. The summed E-state index contributed by atoms with van der Waals surface area (Å²) in [4.78, 5) is 14.0. The molecule has 0 saturated carbocycles. The molecule has 0 unspecified atom stereocenters. The maximum atomic E-state index is 12.0. The van der Waals surface area contributed by atoms with Gasteiger partial charge in [0.25, 0.3) is 0 Å². The standard InChI is InChI=1S/C16H24N2O2/c1-17-11-5-8-16(19)18-12-9-15(10-13-18)20-14-6-3-2-4-7-14/h2-4,6-7,15,17H,5,8-13H2,1H3. The largest absolute Gasteiger partial charge is 0.490 e. The lowest BCUT2D eigenvalue weighted by Gasteiger charge is -2.32. The number of hydrogen-bond donors (Lipinski definition) is 1. The van der Waals surface area contributed by atoms with Crippen molar-refractivity contribution >= 4 is 5.91 Å². The van der Waals surface area contributed by atoms with Gasteiger partial charge in [-0.25, -0.2) is 0 Å². The molecule has 1 aliphatic rings. The normalized spacial score (nSPS) is 16.1. The molecule has 1 N–H and O–H groups in total. The molecule has 1 heterocycles. The summed E-state index contributed by atoms with van der Waals surface area (Å²) in [6.07, 6.45) is 3.64. The van der Waals surface area contributed by atoms with Gasteiger partial charge in [0.1, 0.15) is 11.9 Å². The fourth-order valence-electron chi connectivity index (χ4n) is 2.49. The lowest BCUT2D eigenvalue weighted by molar-refractivity contribution is -0.133. The molecule has 1 aromatic carbocycles. The Morgan fingerprint density at radius 3 is 2.65 bits per heavy atom. The van der Waals surface area contributed by atoms with Crippen molar-refractivity contribution in [2.24, 2.45) is 0 Å². The van der Waals surface area contributed by atoms with Crippen LogP contribution in [0.15, 0.2) is 30.3 Å². The number of ether oxygens (including phenoxy) is 1. The quantitative estimate of drug-likeness (QED) is 0.809. The molecule has 0 radical (unpaired) electrons.